The van der Waals surface area contributed by atoms with Crippen LogP contribution in [-0.2, 0) is 16.1 Å². The van der Waals surface area contributed by atoms with E-state index >= 15 is 0 Å². The standard InChI is InChI=1S/C18H15ClO6/c1-10-16(25-14-5-3-2-4-13(14)24-10)18(20)21-8-11-6-12(19)17-15(7-11)22-9-23-17/h2-7,10,16H,8-9H2,1H3. The number of hydrogen-bond acceptors (Lipinski definition) is 6. The van der Waals surface area contributed by atoms with Crippen LogP contribution in [0.5, 0.6) is 23.0 Å². The smallest absolute Gasteiger partial charge is 0.351 e. The molecule has 2 aromatic rings. The minimum absolute atomic E-state index is 0.0451. The van der Waals surface area contributed by atoms with Gasteiger partial charge < -0.3 is 23.7 Å². The lowest BCUT2D eigenvalue weighted by atomic mass is 10.2. The highest BCUT2D eigenvalue weighted by Gasteiger charge is 2.35. The van der Waals surface area contributed by atoms with E-state index in [4.69, 9.17) is 35.3 Å². The second-order valence-corrected chi connectivity index (χ2v) is 6.13. The number of fused-ring (bicyclic) bond motifs is 2. The van der Waals surface area contributed by atoms with Gasteiger partial charge in [-0.2, -0.15) is 0 Å². The van der Waals surface area contributed by atoms with Crippen molar-refractivity contribution in [1.82, 2.24) is 0 Å². The molecule has 0 N–H and O–H groups in total. The van der Waals surface area contributed by atoms with Crippen molar-refractivity contribution in [1.29, 1.82) is 0 Å². The predicted molar refractivity (Wildman–Crippen MR) is 88.3 cm³/mol. The van der Waals surface area contributed by atoms with Crippen molar-refractivity contribution in [3.8, 4) is 23.0 Å². The van der Waals surface area contributed by atoms with E-state index < -0.39 is 18.2 Å². The normalized spacial score (nSPS) is 20.2. The molecule has 0 amide bonds. The van der Waals surface area contributed by atoms with Crippen LogP contribution in [0, 0.1) is 0 Å². The van der Waals surface area contributed by atoms with Gasteiger partial charge in [0.05, 0.1) is 5.02 Å². The summed E-state index contributed by atoms with van der Waals surface area (Å²) in [4.78, 5) is 12.4. The molecule has 6 nitrogen and oxygen atoms in total. The van der Waals surface area contributed by atoms with Crippen molar-refractivity contribution in [3.63, 3.8) is 0 Å². The van der Waals surface area contributed by atoms with Gasteiger partial charge in [0.15, 0.2) is 23.0 Å². The minimum Gasteiger partial charge on any atom is -0.482 e. The molecular formula is C18H15ClO6. The quantitative estimate of drug-likeness (QED) is 0.780. The SMILES string of the molecule is CC1Oc2ccccc2OC1C(=O)OCc1cc(Cl)c2c(c1)OCO2. The van der Waals surface area contributed by atoms with Crippen LogP contribution in [0.25, 0.3) is 0 Å². The molecule has 25 heavy (non-hydrogen) atoms. The zero-order valence-corrected chi connectivity index (χ0v) is 14.1. The molecule has 2 aliphatic heterocycles. The van der Waals surface area contributed by atoms with Crippen molar-refractivity contribution in [3.05, 3.63) is 47.0 Å². The summed E-state index contributed by atoms with van der Waals surface area (Å²) in [7, 11) is 0. The maximum atomic E-state index is 12.4. The Labute approximate surface area is 149 Å². The molecule has 2 aliphatic rings. The molecule has 0 saturated heterocycles. The van der Waals surface area contributed by atoms with E-state index in [0.717, 1.165) is 0 Å². The van der Waals surface area contributed by atoms with Crippen LogP contribution >= 0.6 is 11.6 Å². The highest BCUT2D eigenvalue weighted by atomic mass is 35.5. The molecule has 0 aliphatic carbocycles. The number of halogens is 1. The van der Waals surface area contributed by atoms with Gasteiger partial charge in [0.2, 0.25) is 12.9 Å². The molecule has 2 aromatic carbocycles. The summed E-state index contributed by atoms with van der Waals surface area (Å²) < 4.78 is 27.4. The summed E-state index contributed by atoms with van der Waals surface area (Å²) in [5.74, 6) is 1.68. The Balaban J connectivity index is 1.44. The van der Waals surface area contributed by atoms with Crippen molar-refractivity contribution >= 4 is 17.6 Å². The third kappa shape index (κ3) is 3.05. The molecule has 130 valence electrons. The Kier molecular flexibility index (Phi) is 4.05. The Morgan fingerprint density at radius 1 is 1.16 bits per heavy atom. The highest BCUT2D eigenvalue weighted by molar-refractivity contribution is 6.32. The first-order chi connectivity index (χ1) is 12.1. The van der Waals surface area contributed by atoms with Gasteiger partial charge in [0.25, 0.3) is 0 Å². The topological polar surface area (TPSA) is 63.2 Å². The molecule has 0 fully saturated rings. The first-order valence-corrected chi connectivity index (χ1v) is 8.16. The fraction of sp³-hybridized carbons (Fsp3) is 0.278. The monoisotopic (exact) mass is 362 g/mol. The number of rotatable bonds is 3. The molecule has 2 heterocycles. The summed E-state index contributed by atoms with van der Waals surface area (Å²) >= 11 is 6.13. The molecule has 4 rings (SSSR count). The lowest BCUT2D eigenvalue weighted by Crippen LogP contribution is -2.44. The number of para-hydroxylation sites is 2. The van der Waals surface area contributed by atoms with Gasteiger partial charge in [-0.25, -0.2) is 4.79 Å². The predicted octanol–water partition coefficient (Wildman–Crippen LogP) is 3.34. The van der Waals surface area contributed by atoms with Crippen LogP contribution in [0.3, 0.4) is 0 Å². The van der Waals surface area contributed by atoms with Crippen LogP contribution in [0.2, 0.25) is 5.02 Å². The molecule has 0 aromatic heterocycles. The molecule has 0 bridgehead atoms. The Hall–Kier alpha value is -2.60. The molecule has 0 radical (unpaired) electrons. The zero-order chi connectivity index (χ0) is 17.4. The average Bonchev–Trinajstić information content (AvgIpc) is 3.08. The van der Waals surface area contributed by atoms with Crippen molar-refractivity contribution in [2.75, 3.05) is 6.79 Å². The van der Waals surface area contributed by atoms with Crippen molar-refractivity contribution in [2.45, 2.75) is 25.7 Å². The van der Waals surface area contributed by atoms with E-state index in [1.54, 1.807) is 31.2 Å². The Morgan fingerprint density at radius 3 is 2.72 bits per heavy atom. The summed E-state index contributed by atoms with van der Waals surface area (Å²) in [6.45, 7) is 1.94. The van der Waals surface area contributed by atoms with Gasteiger partial charge in [-0.05, 0) is 36.8 Å². The first-order valence-electron chi connectivity index (χ1n) is 7.79. The van der Waals surface area contributed by atoms with E-state index in [-0.39, 0.29) is 13.4 Å². The van der Waals surface area contributed by atoms with Gasteiger partial charge in [-0.1, -0.05) is 23.7 Å². The van der Waals surface area contributed by atoms with E-state index in [0.29, 0.717) is 33.6 Å². The number of carbonyl (C=O) groups is 1. The van der Waals surface area contributed by atoms with E-state index in [9.17, 15) is 4.79 Å². The lowest BCUT2D eigenvalue weighted by Gasteiger charge is -2.30. The number of hydrogen-bond donors (Lipinski definition) is 0. The van der Waals surface area contributed by atoms with Crippen LogP contribution in [-0.4, -0.2) is 25.0 Å². The maximum Gasteiger partial charge on any atom is 0.351 e. The number of ether oxygens (including phenoxy) is 5. The Bertz CT molecular complexity index is 821. The summed E-state index contributed by atoms with van der Waals surface area (Å²) in [6.07, 6.45) is -1.29. The van der Waals surface area contributed by atoms with E-state index in [1.807, 2.05) is 12.1 Å². The second kappa shape index (κ2) is 6.37. The minimum atomic E-state index is -0.834. The maximum absolute atomic E-state index is 12.4. The molecule has 7 heteroatoms. The van der Waals surface area contributed by atoms with E-state index in [2.05, 4.69) is 0 Å². The largest absolute Gasteiger partial charge is 0.482 e. The van der Waals surface area contributed by atoms with Crippen molar-refractivity contribution in [2.24, 2.45) is 0 Å². The lowest BCUT2D eigenvalue weighted by molar-refractivity contribution is -0.159. The fourth-order valence-electron chi connectivity index (χ4n) is 2.72. The van der Waals surface area contributed by atoms with Gasteiger partial charge in [-0.3, -0.25) is 0 Å². The van der Waals surface area contributed by atoms with Crippen molar-refractivity contribution < 1.29 is 28.5 Å². The number of carbonyl (C=O) groups excluding carboxylic acids is 1. The average molecular weight is 363 g/mol. The van der Waals surface area contributed by atoms with Crippen LogP contribution in [0.4, 0.5) is 0 Å². The van der Waals surface area contributed by atoms with Gasteiger partial charge in [0.1, 0.15) is 12.7 Å². The molecule has 0 spiro atoms. The number of esters is 1. The summed E-state index contributed by atoms with van der Waals surface area (Å²) in [6, 6.07) is 10.6. The third-order valence-electron chi connectivity index (χ3n) is 3.94. The number of benzene rings is 2. The van der Waals surface area contributed by atoms with Crippen LogP contribution < -0.4 is 18.9 Å². The van der Waals surface area contributed by atoms with Crippen LogP contribution in [0.15, 0.2) is 36.4 Å². The molecule has 0 saturated carbocycles. The zero-order valence-electron chi connectivity index (χ0n) is 13.4. The molecule has 2 unspecified atom stereocenters. The molecular weight excluding hydrogens is 348 g/mol. The van der Waals surface area contributed by atoms with E-state index in [1.165, 1.54) is 0 Å². The van der Waals surface area contributed by atoms with Gasteiger partial charge in [-0.15, -0.1) is 0 Å². The fourth-order valence-corrected chi connectivity index (χ4v) is 3.01. The summed E-state index contributed by atoms with van der Waals surface area (Å²) in [5.41, 5.74) is 0.701. The van der Waals surface area contributed by atoms with Crippen LogP contribution in [0.1, 0.15) is 12.5 Å². The molecule has 2 atom stereocenters. The first kappa shape index (κ1) is 15.9. The highest BCUT2D eigenvalue weighted by Crippen LogP contribution is 2.40. The third-order valence-corrected chi connectivity index (χ3v) is 4.22. The summed E-state index contributed by atoms with van der Waals surface area (Å²) in [5, 5.41) is 0.417. The second-order valence-electron chi connectivity index (χ2n) is 5.73. The van der Waals surface area contributed by atoms with Gasteiger partial charge in [0, 0.05) is 0 Å². The van der Waals surface area contributed by atoms with Gasteiger partial charge >= 0.3 is 5.97 Å². The Morgan fingerprint density at radius 2 is 1.92 bits per heavy atom.